The highest BCUT2D eigenvalue weighted by atomic mass is 19.1. The van der Waals surface area contributed by atoms with Crippen molar-refractivity contribution in [3.05, 3.63) is 52.6 Å². The van der Waals surface area contributed by atoms with Crippen LogP contribution in [0.2, 0.25) is 0 Å². The summed E-state index contributed by atoms with van der Waals surface area (Å²) in [6.45, 7) is 6.33. The van der Waals surface area contributed by atoms with E-state index in [1.807, 2.05) is 12.1 Å². The van der Waals surface area contributed by atoms with Crippen molar-refractivity contribution in [2.45, 2.75) is 45.3 Å². The number of benzene rings is 1. The van der Waals surface area contributed by atoms with Crippen LogP contribution < -0.4 is 0 Å². The molecule has 0 N–H and O–H groups in total. The molecule has 5 heteroatoms. The fraction of sp³-hybridized carbons (Fsp3) is 0.526. The second-order valence-corrected chi connectivity index (χ2v) is 6.90. The van der Waals surface area contributed by atoms with Crippen LogP contribution in [0.3, 0.4) is 0 Å². The van der Waals surface area contributed by atoms with Crippen LogP contribution in [0.5, 0.6) is 0 Å². The third-order valence-electron chi connectivity index (χ3n) is 5.27. The average Bonchev–Trinajstić information content (AvgIpc) is 2.97. The van der Waals surface area contributed by atoms with Crippen molar-refractivity contribution in [2.24, 2.45) is 0 Å². The van der Waals surface area contributed by atoms with Gasteiger partial charge in [0.25, 0.3) is 0 Å². The Morgan fingerprint density at radius 1 is 1.29 bits per heavy atom. The van der Waals surface area contributed by atoms with E-state index in [4.69, 9.17) is 9.84 Å². The zero-order valence-electron chi connectivity index (χ0n) is 14.2. The molecule has 4 nitrogen and oxygen atoms in total. The lowest BCUT2D eigenvalue weighted by Crippen LogP contribution is -2.30. The van der Waals surface area contributed by atoms with E-state index in [0.29, 0.717) is 6.04 Å². The fourth-order valence-electron chi connectivity index (χ4n) is 3.81. The van der Waals surface area contributed by atoms with Gasteiger partial charge in [0.2, 0.25) is 0 Å². The van der Waals surface area contributed by atoms with Crippen molar-refractivity contribution in [3.63, 3.8) is 0 Å². The Hall–Kier alpha value is -1.72. The van der Waals surface area contributed by atoms with Gasteiger partial charge in [-0.1, -0.05) is 12.1 Å². The molecule has 1 fully saturated rings. The summed E-state index contributed by atoms with van der Waals surface area (Å²) >= 11 is 0. The highest BCUT2D eigenvalue weighted by Crippen LogP contribution is 2.25. The molecule has 0 saturated carbocycles. The standard InChI is InChI=1S/C19H24FN3O/c1-14-16(13-23(21-14)17-6-9-24-10-7-17)12-22-8-5-18-15(11-22)3-2-4-19(18)20/h2-4,13,17H,5-12H2,1H3. The Kier molecular flexibility index (Phi) is 4.37. The van der Waals surface area contributed by atoms with Crippen molar-refractivity contribution in [3.8, 4) is 0 Å². The molecule has 0 aliphatic carbocycles. The molecule has 2 aromatic rings. The van der Waals surface area contributed by atoms with Gasteiger partial charge in [-0.15, -0.1) is 0 Å². The summed E-state index contributed by atoms with van der Waals surface area (Å²) in [6.07, 6.45) is 5.06. The number of aryl methyl sites for hydroxylation is 1. The van der Waals surface area contributed by atoms with Crippen LogP contribution in [-0.2, 0) is 24.2 Å². The molecule has 1 aromatic heterocycles. The van der Waals surface area contributed by atoms with Crippen molar-refractivity contribution in [1.29, 1.82) is 0 Å². The van der Waals surface area contributed by atoms with Crippen molar-refractivity contribution >= 4 is 0 Å². The van der Waals surface area contributed by atoms with E-state index in [-0.39, 0.29) is 5.82 Å². The van der Waals surface area contributed by atoms with E-state index >= 15 is 0 Å². The fourth-order valence-corrected chi connectivity index (χ4v) is 3.81. The third kappa shape index (κ3) is 3.10. The lowest BCUT2D eigenvalue weighted by Gasteiger charge is -2.28. The molecule has 2 aliphatic rings. The number of aromatic nitrogens is 2. The molecule has 4 rings (SSSR count). The Morgan fingerprint density at radius 2 is 2.12 bits per heavy atom. The second kappa shape index (κ2) is 6.65. The highest BCUT2D eigenvalue weighted by molar-refractivity contribution is 5.31. The first-order chi connectivity index (χ1) is 11.7. The summed E-state index contributed by atoms with van der Waals surface area (Å²) in [5, 5.41) is 4.73. The van der Waals surface area contributed by atoms with E-state index in [0.717, 1.165) is 68.9 Å². The molecular weight excluding hydrogens is 305 g/mol. The molecule has 128 valence electrons. The lowest BCUT2D eigenvalue weighted by molar-refractivity contribution is 0.0661. The first-order valence-electron chi connectivity index (χ1n) is 8.81. The Labute approximate surface area is 142 Å². The largest absolute Gasteiger partial charge is 0.381 e. The maximum absolute atomic E-state index is 13.9. The first kappa shape index (κ1) is 15.8. The number of nitrogens with zero attached hydrogens (tertiary/aromatic N) is 3. The molecule has 0 atom stereocenters. The minimum Gasteiger partial charge on any atom is -0.381 e. The zero-order chi connectivity index (χ0) is 16.5. The zero-order valence-corrected chi connectivity index (χ0v) is 14.2. The van der Waals surface area contributed by atoms with Crippen molar-refractivity contribution in [1.82, 2.24) is 14.7 Å². The Bertz CT molecular complexity index is 721. The quantitative estimate of drug-likeness (QED) is 0.866. The van der Waals surface area contributed by atoms with Crippen molar-refractivity contribution in [2.75, 3.05) is 19.8 Å². The van der Waals surface area contributed by atoms with E-state index < -0.39 is 0 Å². The van der Waals surface area contributed by atoms with Gasteiger partial charge in [0.15, 0.2) is 0 Å². The van der Waals surface area contributed by atoms with Crippen LogP contribution in [0, 0.1) is 12.7 Å². The molecule has 0 unspecified atom stereocenters. The van der Waals surface area contributed by atoms with Crippen LogP contribution in [0.4, 0.5) is 4.39 Å². The van der Waals surface area contributed by atoms with E-state index in [9.17, 15) is 4.39 Å². The molecule has 3 heterocycles. The Balaban J connectivity index is 1.47. The van der Waals surface area contributed by atoms with E-state index in [1.54, 1.807) is 6.07 Å². The molecule has 0 spiro atoms. The SMILES string of the molecule is Cc1nn(C2CCOCC2)cc1CN1CCc2c(F)cccc2C1. The van der Waals surface area contributed by atoms with Gasteiger partial charge in [-0.2, -0.15) is 5.10 Å². The molecule has 1 aromatic carbocycles. The summed E-state index contributed by atoms with van der Waals surface area (Å²) < 4.78 is 21.4. The first-order valence-corrected chi connectivity index (χ1v) is 8.81. The number of halogens is 1. The van der Waals surface area contributed by atoms with Crippen LogP contribution in [-0.4, -0.2) is 34.4 Å². The van der Waals surface area contributed by atoms with Gasteiger partial charge >= 0.3 is 0 Å². The summed E-state index contributed by atoms with van der Waals surface area (Å²) in [5.74, 6) is -0.0596. The lowest BCUT2D eigenvalue weighted by atomic mass is 9.99. The highest BCUT2D eigenvalue weighted by Gasteiger charge is 2.22. The average molecular weight is 329 g/mol. The van der Waals surface area contributed by atoms with Crippen LogP contribution in [0.25, 0.3) is 0 Å². The maximum atomic E-state index is 13.9. The number of ether oxygens (including phenoxy) is 1. The number of hydrogen-bond donors (Lipinski definition) is 0. The van der Waals surface area contributed by atoms with Gasteiger partial charge < -0.3 is 4.74 Å². The van der Waals surface area contributed by atoms with Crippen molar-refractivity contribution < 1.29 is 9.13 Å². The summed E-state index contributed by atoms with van der Waals surface area (Å²) in [4.78, 5) is 2.39. The number of rotatable bonds is 3. The molecule has 1 saturated heterocycles. The summed E-state index contributed by atoms with van der Waals surface area (Å²) in [7, 11) is 0. The molecule has 24 heavy (non-hydrogen) atoms. The van der Waals surface area contributed by atoms with E-state index in [1.165, 1.54) is 5.56 Å². The topological polar surface area (TPSA) is 30.3 Å². The Morgan fingerprint density at radius 3 is 2.96 bits per heavy atom. The van der Waals surface area contributed by atoms with Crippen LogP contribution in [0.15, 0.2) is 24.4 Å². The predicted octanol–water partition coefficient (Wildman–Crippen LogP) is 3.24. The van der Waals surface area contributed by atoms with Gasteiger partial charge in [0.1, 0.15) is 5.82 Å². The smallest absolute Gasteiger partial charge is 0.126 e. The van der Waals surface area contributed by atoms with E-state index in [2.05, 4.69) is 22.7 Å². The van der Waals surface area contributed by atoms with Gasteiger partial charge in [0.05, 0.1) is 11.7 Å². The summed E-state index contributed by atoms with van der Waals surface area (Å²) in [6, 6.07) is 5.88. The molecular formula is C19H24FN3O. The van der Waals surface area contributed by atoms with Gasteiger partial charge in [0, 0.05) is 44.6 Å². The van der Waals surface area contributed by atoms with Gasteiger partial charge in [-0.05, 0) is 43.4 Å². The molecule has 0 bridgehead atoms. The maximum Gasteiger partial charge on any atom is 0.126 e. The molecule has 0 radical (unpaired) electrons. The predicted molar refractivity (Wildman–Crippen MR) is 90.3 cm³/mol. The van der Waals surface area contributed by atoms with Crippen LogP contribution in [0.1, 0.15) is 41.3 Å². The third-order valence-corrected chi connectivity index (χ3v) is 5.27. The summed E-state index contributed by atoms with van der Waals surface area (Å²) in [5.41, 5.74) is 4.40. The minimum absolute atomic E-state index is 0.0596. The van der Waals surface area contributed by atoms with Crippen LogP contribution >= 0.6 is 0 Å². The molecule has 2 aliphatic heterocycles. The number of fused-ring (bicyclic) bond motifs is 1. The number of hydrogen-bond acceptors (Lipinski definition) is 3. The monoisotopic (exact) mass is 329 g/mol. The normalized spacial score (nSPS) is 19.4. The van der Waals surface area contributed by atoms with Gasteiger partial charge in [-0.3, -0.25) is 9.58 Å². The minimum atomic E-state index is -0.0596. The second-order valence-electron chi connectivity index (χ2n) is 6.90. The van der Waals surface area contributed by atoms with Gasteiger partial charge in [-0.25, -0.2) is 4.39 Å². The molecule has 0 amide bonds.